The van der Waals surface area contributed by atoms with Crippen LogP contribution < -0.4 is 23.7 Å². The van der Waals surface area contributed by atoms with Gasteiger partial charge in [-0.25, -0.2) is 14.4 Å². The van der Waals surface area contributed by atoms with E-state index < -0.39 is 17.9 Å². The Labute approximate surface area is 262 Å². The average Bonchev–Trinajstić information content (AvgIpc) is 3.06. The van der Waals surface area contributed by atoms with Gasteiger partial charge >= 0.3 is 17.9 Å². The molecule has 3 rings (SSSR count). The predicted molar refractivity (Wildman–Crippen MR) is 164 cm³/mol. The van der Waals surface area contributed by atoms with Crippen molar-refractivity contribution in [2.24, 2.45) is 0 Å². The molecule has 0 aromatic heterocycles. The number of benzene rings is 3. The number of aliphatic hydroxyl groups excluding tert-OH is 1. The molecule has 3 aromatic carbocycles. The summed E-state index contributed by atoms with van der Waals surface area (Å²) in [5.74, 6) is 0.413. The molecule has 45 heavy (non-hydrogen) atoms. The van der Waals surface area contributed by atoms with E-state index in [1.54, 1.807) is 36.4 Å². The van der Waals surface area contributed by atoms with Crippen LogP contribution in [-0.4, -0.2) is 69.8 Å². The minimum atomic E-state index is -0.607. The van der Waals surface area contributed by atoms with Crippen molar-refractivity contribution in [3.8, 4) is 28.7 Å². The van der Waals surface area contributed by atoms with E-state index in [0.29, 0.717) is 42.6 Å². The first-order valence-electron chi connectivity index (χ1n) is 14.5. The highest BCUT2D eigenvalue weighted by atomic mass is 16.6. The lowest BCUT2D eigenvalue weighted by molar-refractivity contribution is -0.137. The van der Waals surface area contributed by atoms with Gasteiger partial charge in [0.25, 0.3) is 0 Å². The van der Waals surface area contributed by atoms with E-state index in [4.69, 9.17) is 38.3 Å². The van der Waals surface area contributed by atoms with Crippen LogP contribution in [0.4, 0.5) is 0 Å². The van der Waals surface area contributed by atoms with Crippen molar-refractivity contribution in [1.29, 1.82) is 0 Å². The zero-order chi connectivity index (χ0) is 32.3. The van der Waals surface area contributed by atoms with Crippen LogP contribution in [0.2, 0.25) is 0 Å². The molecule has 0 radical (unpaired) electrons. The second-order valence-corrected chi connectivity index (χ2v) is 9.46. The highest BCUT2D eigenvalue weighted by molar-refractivity contribution is 5.92. The molecule has 0 bridgehead atoms. The number of unbranched alkanes of at least 4 members (excludes halogenated alkanes) is 3. The number of ether oxygens (including phenoxy) is 7. The molecule has 0 unspecified atom stereocenters. The van der Waals surface area contributed by atoms with Crippen molar-refractivity contribution in [1.82, 2.24) is 0 Å². The summed E-state index contributed by atoms with van der Waals surface area (Å²) in [5, 5.41) is 8.75. The summed E-state index contributed by atoms with van der Waals surface area (Å²) in [6.07, 6.45) is 4.65. The second kappa shape index (κ2) is 19.4. The summed E-state index contributed by atoms with van der Waals surface area (Å²) in [4.78, 5) is 36.3. The number of hydrogen-bond donors (Lipinski definition) is 1. The van der Waals surface area contributed by atoms with Crippen molar-refractivity contribution in [2.45, 2.75) is 25.7 Å². The first kappa shape index (κ1) is 34.6. The van der Waals surface area contributed by atoms with Crippen molar-refractivity contribution in [3.63, 3.8) is 0 Å². The van der Waals surface area contributed by atoms with Gasteiger partial charge in [0.15, 0.2) is 11.5 Å². The fraction of sp³-hybridized carbons (Fsp3) is 0.324. The van der Waals surface area contributed by atoms with Gasteiger partial charge in [-0.1, -0.05) is 6.58 Å². The minimum Gasteiger partial charge on any atom is -0.494 e. The number of methoxy groups -OCH3 is 1. The van der Waals surface area contributed by atoms with Crippen LogP contribution in [0, 0.1) is 0 Å². The van der Waals surface area contributed by atoms with Gasteiger partial charge in [0, 0.05) is 6.08 Å². The third-order valence-corrected chi connectivity index (χ3v) is 6.17. The molecule has 0 heterocycles. The molecule has 0 aliphatic carbocycles. The Balaban J connectivity index is 1.41. The van der Waals surface area contributed by atoms with E-state index >= 15 is 0 Å². The van der Waals surface area contributed by atoms with Crippen LogP contribution in [0.25, 0.3) is 0 Å². The quantitative estimate of drug-likeness (QED) is 0.0772. The lowest BCUT2D eigenvalue weighted by Crippen LogP contribution is -2.11. The second-order valence-electron chi connectivity index (χ2n) is 9.46. The summed E-state index contributed by atoms with van der Waals surface area (Å²) in [5.41, 5.74) is 0.605. The summed E-state index contributed by atoms with van der Waals surface area (Å²) in [6.45, 7) is 4.97. The maximum atomic E-state index is 12.7. The number of carbonyl (C=O) groups excluding carboxylic acids is 3. The van der Waals surface area contributed by atoms with Crippen molar-refractivity contribution >= 4 is 17.9 Å². The standard InChI is InChI=1S/C34H38O11/c1-3-32(36)43-20-7-5-4-6-19-41-27-11-8-25(9-12-27)33(37)44-28-13-15-29(16-14-28)45-34(38)26-10-17-30(31(24-26)39-2)42-23-22-40-21-18-35/h3,8-17,24,35H,1,4-7,18-23H2,2H3. The van der Waals surface area contributed by atoms with Gasteiger partial charge in [-0.2, -0.15) is 0 Å². The van der Waals surface area contributed by atoms with Crippen molar-refractivity contribution in [3.05, 3.63) is 90.5 Å². The van der Waals surface area contributed by atoms with Crippen LogP contribution in [0.15, 0.2) is 79.4 Å². The molecule has 0 atom stereocenters. The molecule has 0 fully saturated rings. The van der Waals surface area contributed by atoms with Crippen molar-refractivity contribution in [2.75, 3.05) is 46.8 Å². The van der Waals surface area contributed by atoms with E-state index in [-0.39, 0.29) is 36.9 Å². The van der Waals surface area contributed by atoms with Crippen LogP contribution in [0.3, 0.4) is 0 Å². The smallest absolute Gasteiger partial charge is 0.343 e. The Morgan fingerprint density at radius 2 is 1.27 bits per heavy atom. The molecule has 3 aromatic rings. The van der Waals surface area contributed by atoms with Crippen molar-refractivity contribution < 1.29 is 52.6 Å². The maximum absolute atomic E-state index is 12.7. The molecular formula is C34H38O11. The fourth-order valence-corrected chi connectivity index (χ4v) is 3.87. The van der Waals surface area contributed by atoms with Gasteiger partial charge in [0.05, 0.1) is 51.3 Å². The van der Waals surface area contributed by atoms with Crippen LogP contribution in [-0.2, 0) is 14.3 Å². The topological polar surface area (TPSA) is 136 Å². The fourth-order valence-electron chi connectivity index (χ4n) is 3.87. The minimum absolute atomic E-state index is 0.0666. The monoisotopic (exact) mass is 622 g/mol. The molecule has 1 N–H and O–H groups in total. The molecule has 0 amide bonds. The molecule has 0 aliphatic rings. The van der Waals surface area contributed by atoms with Gasteiger partial charge in [-0.15, -0.1) is 0 Å². The summed E-state index contributed by atoms with van der Waals surface area (Å²) in [7, 11) is 1.46. The molecule has 11 nitrogen and oxygen atoms in total. The average molecular weight is 623 g/mol. The number of rotatable bonds is 20. The molecule has 240 valence electrons. The number of esters is 3. The lowest BCUT2D eigenvalue weighted by atomic mass is 10.2. The third-order valence-electron chi connectivity index (χ3n) is 6.17. The number of hydrogen-bond acceptors (Lipinski definition) is 11. The first-order chi connectivity index (χ1) is 21.9. The Bertz CT molecular complexity index is 1370. The summed E-state index contributed by atoms with van der Waals surface area (Å²) < 4.78 is 37.6. The largest absolute Gasteiger partial charge is 0.494 e. The van der Waals surface area contributed by atoms with Gasteiger partial charge < -0.3 is 38.3 Å². The van der Waals surface area contributed by atoms with E-state index in [2.05, 4.69) is 6.58 Å². The number of carbonyl (C=O) groups is 3. The predicted octanol–water partition coefficient (Wildman–Crippen LogP) is 5.19. The molecular weight excluding hydrogens is 584 g/mol. The summed E-state index contributed by atoms with van der Waals surface area (Å²) >= 11 is 0. The normalized spacial score (nSPS) is 10.4. The van der Waals surface area contributed by atoms with E-state index in [0.717, 1.165) is 31.8 Å². The zero-order valence-electron chi connectivity index (χ0n) is 25.2. The van der Waals surface area contributed by atoms with Crippen LogP contribution >= 0.6 is 0 Å². The van der Waals surface area contributed by atoms with E-state index in [1.807, 2.05) is 0 Å². The van der Waals surface area contributed by atoms with Crippen LogP contribution in [0.1, 0.15) is 46.4 Å². The third kappa shape index (κ3) is 12.3. The Kier molecular flexibility index (Phi) is 14.9. The lowest BCUT2D eigenvalue weighted by Gasteiger charge is -2.12. The maximum Gasteiger partial charge on any atom is 0.343 e. The molecule has 0 spiro atoms. The Morgan fingerprint density at radius 1 is 0.667 bits per heavy atom. The van der Waals surface area contributed by atoms with Crippen LogP contribution in [0.5, 0.6) is 28.7 Å². The Morgan fingerprint density at radius 3 is 1.89 bits per heavy atom. The molecule has 11 heteroatoms. The van der Waals surface area contributed by atoms with E-state index in [9.17, 15) is 14.4 Å². The highest BCUT2D eigenvalue weighted by Crippen LogP contribution is 2.29. The molecule has 0 aliphatic heterocycles. The van der Waals surface area contributed by atoms with Gasteiger partial charge in [-0.05, 0) is 92.4 Å². The molecule has 0 saturated heterocycles. The summed E-state index contributed by atoms with van der Waals surface area (Å²) in [6, 6.07) is 17.4. The van der Waals surface area contributed by atoms with E-state index in [1.165, 1.54) is 37.4 Å². The Hall–Kier alpha value is -4.87. The first-order valence-corrected chi connectivity index (χ1v) is 14.5. The van der Waals surface area contributed by atoms with Gasteiger partial charge in [0.2, 0.25) is 0 Å². The molecule has 0 saturated carbocycles. The highest BCUT2D eigenvalue weighted by Gasteiger charge is 2.14. The van der Waals surface area contributed by atoms with Gasteiger partial charge in [0.1, 0.15) is 23.9 Å². The van der Waals surface area contributed by atoms with Gasteiger partial charge in [-0.3, -0.25) is 0 Å². The number of aliphatic hydroxyl groups is 1. The SMILES string of the molecule is C=CC(=O)OCCCCCCOc1ccc(C(=O)Oc2ccc(OC(=O)c3ccc(OCCOCCO)c(OC)c3)cc2)cc1. The zero-order valence-corrected chi connectivity index (χ0v) is 25.2.